The van der Waals surface area contributed by atoms with Gasteiger partial charge in [0.15, 0.2) is 0 Å². The maximum absolute atomic E-state index is 12.0. The predicted molar refractivity (Wildman–Crippen MR) is 72.4 cm³/mol. The van der Waals surface area contributed by atoms with Crippen molar-refractivity contribution < 1.29 is 9.59 Å². The van der Waals surface area contributed by atoms with Gasteiger partial charge in [-0.2, -0.15) is 0 Å². The number of nitrogens with one attached hydrogen (secondary N) is 3. The Morgan fingerprint density at radius 2 is 1.68 bits per heavy atom. The maximum atomic E-state index is 12.0. The lowest BCUT2D eigenvalue weighted by Gasteiger charge is -2.29. The molecule has 0 aromatic rings. The van der Waals surface area contributed by atoms with Crippen LogP contribution in [0.4, 0.5) is 4.79 Å². The number of amides is 3. The zero-order valence-corrected chi connectivity index (χ0v) is 11.3. The van der Waals surface area contributed by atoms with Crippen LogP contribution >= 0.6 is 0 Å². The molecule has 2 heterocycles. The van der Waals surface area contributed by atoms with Gasteiger partial charge >= 0.3 is 12.4 Å². The van der Waals surface area contributed by atoms with Crippen molar-refractivity contribution in [3.63, 3.8) is 0 Å². The summed E-state index contributed by atoms with van der Waals surface area (Å²) in [5.41, 5.74) is 0. The highest BCUT2D eigenvalue weighted by molar-refractivity contribution is 5.85. The summed E-state index contributed by atoms with van der Waals surface area (Å²) < 4.78 is 0. The molecule has 0 aromatic heterocycles. The summed E-state index contributed by atoms with van der Waals surface area (Å²) in [7, 11) is 0. The summed E-state index contributed by atoms with van der Waals surface area (Å²) in [6, 6.07) is -0.113. The Morgan fingerprint density at radius 1 is 1.11 bits per heavy atom. The van der Waals surface area contributed by atoms with Gasteiger partial charge in [-0.25, -0.2) is 4.79 Å². The summed E-state index contributed by atoms with van der Waals surface area (Å²) >= 11 is 0. The molecule has 2 rings (SSSR count). The van der Waals surface area contributed by atoms with Crippen LogP contribution in [0.5, 0.6) is 0 Å². The normalized spacial score (nSPS) is 21.9. The van der Waals surface area contributed by atoms with Crippen LogP contribution in [0.2, 0.25) is 0 Å². The van der Waals surface area contributed by atoms with Crippen molar-refractivity contribution in [1.82, 2.24) is 20.9 Å². The maximum Gasteiger partial charge on any atom is 0.324 e. The van der Waals surface area contributed by atoms with E-state index < -0.39 is 0 Å². The first-order valence-corrected chi connectivity index (χ1v) is 7.17. The fourth-order valence-corrected chi connectivity index (χ4v) is 2.70. The van der Waals surface area contributed by atoms with Crippen LogP contribution < -0.4 is 16.0 Å². The molecule has 0 saturated carbocycles. The molecule has 6 nitrogen and oxygen atoms in total. The lowest BCUT2D eigenvalue weighted by Crippen LogP contribution is -2.49. The number of hydrogen-bond donors (Lipinski definition) is 3. The molecule has 2 aliphatic heterocycles. The van der Waals surface area contributed by atoms with E-state index in [1.165, 1.54) is 4.90 Å². The summed E-state index contributed by atoms with van der Waals surface area (Å²) in [6.45, 7) is 4.26. The van der Waals surface area contributed by atoms with Crippen molar-refractivity contribution in [2.45, 2.75) is 31.7 Å². The van der Waals surface area contributed by atoms with E-state index >= 15 is 0 Å². The standard InChI is InChI=1S/C13H23N4O2/c18-10-17(9-11-1-5-14-6-2-11)13(19)16-12-3-7-15-8-4-12/h11-12,14-15H,1-9H2,(H,16,19). The Morgan fingerprint density at radius 3 is 2.26 bits per heavy atom. The summed E-state index contributed by atoms with van der Waals surface area (Å²) in [4.78, 5) is 24.2. The smallest absolute Gasteiger partial charge is 0.324 e. The van der Waals surface area contributed by atoms with Crippen LogP contribution in [0.1, 0.15) is 25.7 Å². The quantitative estimate of drug-likeness (QED) is 0.618. The lowest BCUT2D eigenvalue weighted by atomic mass is 9.98. The Labute approximate surface area is 114 Å². The molecule has 0 spiro atoms. The topological polar surface area (TPSA) is 73.5 Å². The van der Waals surface area contributed by atoms with Gasteiger partial charge in [-0.3, -0.25) is 9.69 Å². The third-order valence-corrected chi connectivity index (χ3v) is 3.92. The zero-order chi connectivity index (χ0) is 13.5. The number of imide groups is 1. The first-order valence-electron chi connectivity index (χ1n) is 7.17. The van der Waals surface area contributed by atoms with E-state index in [1.807, 2.05) is 0 Å². The molecule has 107 valence electrons. The molecule has 0 atom stereocenters. The van der Waals surface area contributed by atoms with Crippen molar-refractivity contribution in [2.24, 2.45) is 5.92 Å². The van der Waals surface area contributed by atoms with Gasteiger partial charge in [0.25, 0.3) is 0 Å². The monoisotopic (exact) mass is 267 g/mol. The molecule has 0 aromatic carbocycles. The minimum atomic E-state index is -0.291. The lowest BCUT2D eigenvalue weighted by molar-refractivity contribution is 0.200. The molecule has 19 heavy (non-hydrogen) atoms. The molecule has 6 heteroatoms. The molecular formula is C13H23N4O2. The van der Waals surface area contributed by atoms with Gasteiger partial charge in [0.2, 0.25) is 0 Å². The number of urea groups is 1. The number of hydrogen-bond acceptors (Lipinski definition) is 4. The van der Waals surface area contributed by atoms with Crippen LogP contribution in [0, 0.1) is 5.92 Å². The Bertz CT molecular complexity index is 299. The van der Waals surface area contributed by atoms with Gasteiger partial charge in [-0.05, 0) is 57.8 Å². The van der Waals surface area contributed by atoms with Gasteiger partial charge in [-0.15, -0.1) is 0 Å². The number of carbonyl (C=O) groups is 1. The zero-order valence-electron chi connectivity index (χ0n) is 11.3. The van der Waals surface area contributed by atoms with E-state index in [4.69, 9.17) is 0 Å². The Hall–Kier alpha value is -1.14. The molecule has 2 aliphatic rings. The van der Waals surface area contributed by atoms with Gasteiger partial charge in [0.05, 0.1) is 0 Å². The minimum absolute atomic E-state index is 0.178. The van der Waals surface area contributed by atoms with Crippen molar-refractivity contribution in [2.75, 3.05) is 32.7 Å². The van der Waals surface area contributed by atoms with Gasteiger partial charge in [0, 0.05) is 12.6 Å². The average Bonchev–Trinajstić information content (AvgIpc) is 2.47. The van der Waals surface area contributed by atoms with E-state index in [9.17, 15) is 9.59 Å². The van der Waals surface area contributed by atoms with E-state index in [-0.39, 0.29) is 12.1 Å². The summed E-state index contributed by atoms with van der Waals surface area (Å²) in [5, 5.41) is 9.45. The first-order chi connectivity index (χ1) is 9.29. The predicted octanol–water partition coefficient (Wildman–Crippen LogP) is -0.183. The fourth-order valence-electron chi connectivity index (χ4n) is 2.70. The molecule has 2 saturated heterocycles. The first kappa shape index (κ1) is 14.3. The number of rotatable bonds is 4. The molecule has 3 amide bonds. The van der Waals surface area contributed by atoms with Crippen molar-refractivity contribution in [1.29, 1.82) is 0 Å². The van der Waals surface area contributed by atoms with E-state index in [2.05, 4.69) is 16.0 Å². The molecule has 3 N–H and O–H groups in total. The molecular weight excluding hydrogens is 244 g/mol. The van der Waals surface area contributed by atoms with Crippen LogP contribution in [0.15, 0.2) is 0 Å². The van der Waals surface area contributed by atoms with Crippen LogP contribution in [0.3, 0.4) is 0 Å². The molecule has 0 unspecified atom stereocenters. The van der Waals surface area contributed by atoms with Crippen molar-refractivity contribution >= 4 is 12.4 Å². The van der Waals surface area contributed by atoms with Crippen LogP contribution in [-0.4, -0.2) is 56.1 Å². The van der Waals surface area contributed by atoms with E-state index in [0.29, 0.717) is 12.5 Å². The molecule has 0 aliphatic carbocycles. The van der Waals surface area contributed by atoms with Gasteiger partial charge in [0.1, 0.15) is 0 Å². The fraction of sp³-hybridized carbons (Fsp3) is 0.846. The second-order valence-corrected chi connectivity index (χ2v) is 5.37. The minimum Gasteiger partial charge on any atom is -0.335 e. The molecule has 1 radical (unpaired) electrons. The number of carbonyl (C=O) groups excluding carboxylic acids is 2. The van der Waals surface area contributed by atoms with Gasteiger partial charge in [-0.1, -0.05) is 0 Å². The highest BCUT2D eigenvalue weighted by Gasteiger charge is 2.23. The number of nitrogens with zero attached hydrogens (tertiary/aromatic N) is 1. The highest BCUT2D eigenvalue weighted by atomic mass is 16.2. The highest BCUT2D eigenvalue weighted by Crippen LogP contribution is 2.13. The third-order valence-electron chi connectivity index (χ3n) is 3.92. The number of piperidine rings is 2. The summed E-state index contributed by atoms with van der Waals surface area (Å²) in [5.74, 6) is 0.404. The Kier molecular flexibility index (Phi) is 5.60. The Balaban J connectivity index is 1.78. The second-order valence-electron chi connectivity index (χ2n) is 5.37. The van der Waals surface area contributed by atoms with Gasteiger partial charge < -0.3 is 16.0 Å². The average molecular weight is 267 g/mol. The molecule has 2 fully saturated rings. The SMILES string of the molecule is O=[C]N(CC1CCNCC1)C(=O)NC1CCNCC1. The molecule has 0 bridgehead atoms. The van der Waals surface area contributed by atoms with E-state index in [0.717, 1.165) is 51.9 Å². The van der Waals surface area contributed by atoms with Crippen molar-refractivity contribution in [3.05, 3.63) is 0 Å². The van der Waals surface area contributed by atoms with Crippen LogP contribution in [-0.2, 0) is 4.79 Å². The van der Waals surface area contributed by atoms with Crippen LogP contribution in [0.25, 0.3) is 0 Å². The second kappa shape index (κ2) is 7.45. The third kappa shape index (κ3) is 4.47. The van der Waals surface area contributed by atoms with E-state index in [1.54, 1.807) is 6.41 Å². The summed E-state index contributed by atoms with van der Waals surface area (Å²) in [6.07, 6.45) is 5.64. The van der Waals surface area contributed by atoms with Crippen molar-refractivity contribution in [3.8, 4) is 0 Å². The largest absolute Gasteiger partial charge is 0.335 e.